The van der Waals surface area contributed by atoms with Gasteiger partial charge in [-0.05, 0) is 24.4 Å². The quantitative estimate of drug-likeness (QED) is 0.577. The number of aromatic nitrogens is 1. The number of nitrogens with zero attached hydrogens (tertiary/aromatic N) is 1. The molecular weight excluding hydrogens is 158 g/mol. The van der Waals surface area contributed by atoms with Gasteiger partial charge in [0, 0.05) is 18.3 Å². The van der Waals surface area contributed by atoms with E-state index < -0.39 is 0 Å². The molecule has 1 aromatic heterocycles. The van der Waals surface area contributed by atoms with Crippen molar-refractivity contribution in [3.05, 3.63) is 36.0 Å². The first-order valence-electron chi connectivity index (χ1n) is 4.80. The SMILES string of the molecule is CC.Cc1cc2ccccc2n1C. The van der Waals surface area contributed by atoms with Gasteiger partial charge in [0.2, 0.25) is 0 Å². The average Bonchev–Trinajstić information content (AvgIpc) is 2.47. The van der Waals surface area contributed by atoms with Crippen molar-refractivity contribution < 1.29 is 0 Å². The van der Waals surface area contributed by atoms with Gasteiger partial charge >= 0.3 is 0 Å². The number of fused-ring (bicyclic) bond motifs is 1. The first-order chi connectivity index (χ1) is 6.29. The Bertz CT molecular complexity index is 385. The Labute approximate surface area is 80.0 Å². The van der Waals surface area contributed by atoms with E-state index in [1.807, 2.05) is 13.8 Å². The lowest BCUT2D eigenvalue weighted by Gasteiger charge is -1.96. The van der Waals surface area contributed by atoms with E-state index in [0.717, 1.165) is 0 Å². The average molecular weight is 175 g/mol. The van der Waals surface area contributed by atoms with Crippen molar-refractivity contribution in [1.82, 2.24) is 4.57 Å². The minimum absolute atomic E-state index is 1.31. The van der Waals surface area contributed by atoms with Crippen LogP contribution in [0, 0.1) is 6.92 Å². The van der Waals surface area contributed by atoms with Crippen molar-refractivity contribution >= 4 is 10.9 Å². The van der Waals surface area contributed by atoms with Crippen LogP contribution in [0.1, 0.15) is 19.5 Å². The third-order valence-electron chi connectivity index (χ3n) is 2.19. The van der Waals surface area contributed by atoms with Crippen molar-refractivity contribution in [3.63, 3.8) is 0 Å². The first-order valence-corrected chi connectivity index (χ1v) is 4.80. The van der Waals surface area contributed by atoms with Gasteiger partial charge < -0.3 is 4.57 Å². The summed E-state index contributed by atoms with van der Waals surface area (Å²) in [5.74, 6) is 0. The molecule has 0 spiro atoms. The molecule has 0 atom stereocenters. The predicted octanol–water partition coefficient (Wildman–Crippen LogP) is 3.51. The molecule has 70 valence electrons. The highest BCUT2D eigenvalue weighted by Gasteiger charge is 1.98. The molecule has 13 heavy (non-hydrogen) atoms. The van der Waals surface area contributed by atoms with Crippen LogP contribution in [0.2, 0.25) is 0 Å². The lowest BCUT2D eigenvalue weighted by molar-refractivity contribution is 0.918. The van der Waals surface area contributed by atoms with Crippen LogP contribution >= 0.6 is 0 Å². The molecule has 0 aliphatic rings. The lowest BCUT2D eigenvalue weighted by atomic mass is 10.2. The number of hydrogen-bond donors (Lipinski definition) is 0. The summed E-state index contributed by atoms with van der Waals surface area (Å²) in [6.07, 6.45) is 0. The normalized spacial score (nSPS) is 9.54. The second kappa shape index (κ2) is 4.13. The highest BCUT2D eigenvalue weighted by molar-refractivity contribution is 5.80. The monoisotopic (exact) mass is 175 g/mol. The number of aryl methyl sites for hydroxylation is 2. The van der Waals surface area contributed by atoms with Crippen LogP contribution in [-0.4, -0.2) is 4.57 Å². The highest BCUT2D eigenvalue weighted by atomic mass is 14.9. The van der Waals surface area contributed by atoms with Crippen LogP contribution in [0.5, 0.6) is 0 Å². The van der Waals surface area contributed by atoms with Gasteiger partial charge in [-0.1, -0.05) is 32.0 Å². The van der Waals surface area contributed by atoms with Gasteiger partial charge in [-0.15, -0.1) is 0 Å². The molecular formula is C12H17N. The zero-order valence-corrected chi connectivity index (χ0v) is 8.83. The zero-order chi connectivity index (χ0) is 9.84. The maximum Gasteiger partial charge on any atom is 0.0479 e. The molecule has 0 radical (unpaired) electrons. The Morgan fingerprint density at radius 1 is 1.08 bits per heavy atom. The number of rotatable bonds is 0. The third kappa shape index (κ3) is 1.74. The van der Waals surface area contributed by atoms with Gasteiger partial charge in [-0.25, -0.2) is 0 Å². The van der Waals surface area contributed by atoms with E-state index in [2.05, 4.69) is 48.9 Å². The van der Waals surface area contributed by atoms with E-state index >= 15 is 0 Å². The minimum atomic E-state index is 1.31. The van der Waals surface area contributed by atoms with Gasteiger partial charge in [0.05, 0.1) is 0 Å². The van der Waals surface area contributed by atoms with Gasteiger partial charge in [-0.2, -0.15) is 0 Å². The maximum atomic E-state index is 2.20. The molecule has 0 N–H and O–H groups in total. The standard InChI is InChI=1S/C10H11N.C2H6/c1-8-7-9-5-3-4-6-10(9)11(8)2;1-2/h3-7H,1-2H3;1-2H3. The highest BCUT2D eigenvalue weighted by Crippen LogP contribution is 2.16. The molecule has 0 bridgehead atoms. The Morgan fingerprint density at radius 3 is 2.31 bits per heavy atom. The molecule has 0 saturated carbocycles. The summed E-state index contributed by atoms with van der Waals surface area (Å²) < 4.78 is 2.20. The van der Waals surface area contributed by atoms with Crippen LogP contribution in [0.3, 0.4) is 0 Å². The molecule has 1 heterocycles. The number of benzene rings is 1. The predicted molar refractivity (Wildman–Crippen MR) is 59.0 cm³/mol. The summed E-state index contributed by atoms with van der Waals surface area (Å²) in [6, 6.07) is 10.6. The van der Waals surface area contributed by atoms with E-state index in [1.54, 1.807) is 0 Å². The Hall–Kier alpha value is -1.24. The third-order valence-corrected chi connectivity index (χ3v) is 2.19. The van der Waals surface area contributed by atoms with Crippen molar-refractivity contribution in [3.8, 4) is 0 Å². The molecule has 0 amide bonds. The van der Waals surface area contributed by atoms with E-state index in [9.17, 15) is 0 Å². The van der Waals surface area contributed by atoms with Crippen LogP contribution in [0.25, 0.3) is 10.9 Å². The Balaban J connectivity index is 0.000000396. The van der Waals surface area contributed by atoms with Crippen molar-refractivity contribution in [2.45, 2.75) is 20.8 Å². The summed E-state index contributed by atoms with van der Waals surface area (Å²) >= 11 is 0. The van der Waals surface area contributed by atoms with Crippen molar-refractivity contribution in [2.75, 3.05) is 0 Å². The summed E-state index contributed by atoms with van der Waals surface area (Å²) in [4.78, 5) is 0. The fourth-order valence-electron chi connectivity index (χ4n) is 1.43. The van der Waals surface area contributed by atoms with E-state index in [1.165, 1.54) is 16.6 Å². The molecule has 1 heteroatoms. The topological polar surface area (TPSA) is 4.93 Å². The molecule has 0 saturated heterocycles. The van der Waals surface area contributed by atoms with E-state index in [0.29, 0.717) is 0 Å². The minimum Gasteiger partial charge on any atom is -0.348 e. The van der Waals surface area contributed by atoms with Crippen LogP contribution < -0.4 is 0 Å². The van der Waals surface area contributed by atoms with Gasteiger partial charge in [0.15, 0.2) is 0 Å². The van der Waals surface area contributed by atoms with Crippen LogP contribution in [-0.2, 0) is 7.05 Å². The summed E-state index contributed by atoms with van der Waals surface area (Å²) in [6.45, 7) is 6.12. The van der Waals surface area contributed by atoms with E-state index in [-0.39, 0.29) is 0 Å². The zero-order valence-electron chi connectivity index (χ0n) is 8.83. The maximum absolute atomic E-state index is 2.20. The number of para-hydroxylation sites is 1. The summed E-state index contributed by atoms with van der Waals surface area (Å²) in [5.41, 5.74) is 2.62. The van der Waals surface area contributed by atoms with Gasteiger partial charge in [0.25, 0.3) is 0 Å². The molecule has 2 rings (SSSR count). The molecule has 1 aromatic carbocycles. The van der Waals surface area contributed by atoms with E-state index in [4.69, 9.17) is 0 Å². The second-order valence-electron chi connectivity index (χ2n) is 2.90. The van der Waals surface area contributed by atoms with Gasteiger partial charge in [-0.3, -0.25) is 0 Å². The molecule has 0 fully saturated rings. The summed E-state index contributed by atoms with van der Waals surface area (Å²) in [7, 11) is 2.09. The second-order valence-corrected chi connectivity index (χ2v) is 2.90. The van der Waals surface area contributed by atoms with Gasteiger partial charge in [0.1, 0.15) is 0 Å². The molecule has 2 aromatic rings. The van der Waals surface area contributed by atoms with Crippen LogP contribution in [0.15, 0.2) is 30.3 Å². The van der Waals surface area contributed by atoms with Crippen molar-refractivity contribution in [2.24, 2.45) is 7.05 Å². The van der Waals surface area contributed by atoms with Crippen LogP contribution in [0.4, 0.5) is 0 Å². The Morgan fingerprint density at radius 2 is 1.69 bits per heavy atom. The number of hydrogen-bond acceptors (Lipinski definition) is 0. The fraction of sp³-hybridized carbons (Fsp3) is 0.333. The summed E-state index contributed by atoms with van der Waals surface area (Å²) in [5, 5.41) is 1.33. The molecule has 0 unspecified atom stereocenters. The Kier molecular flexibility index (Phi) is 3.13. The van der Waals surface area contributed by atoms with Crippen molar-refractivity contribution in [1.29, 1.82) is 0 Å². The molecule has 0 aliphatic carbocycles. The fourth-order valence-corrected chi connectivity index (χ4v) is 1.43. The molecule has 1 nitrogen and oxygen atoms in total. The lowest BCUT2D eigenvalue weighted by Crippen LogP contribution is -1.88. The first kappa shape index (κ1) is 9.85. The molecule has 0 aliphatic heterocycles. The largest absolute Gasteiger partial charge is 0.348 e. The smallest absolute Gasteiger partial charge is 0.0479 e.